The molecule has 2 aliphatic rings. The van der Waals surface area contributed by atoms with Crippen LogP contribution in [0.25, 0.3) is 10.9 Å². The van der Waals surface area contributed by atoms with E-state index in [9.17, 15) is 14.4 Å². The minimum absolute atomic E-state index is 0.0347. The Morgan fingerprint density at radius 2 is 1.57 bits per heavy atom. The fourth-order valence-electron chi connectivity index (χ4n) is 5.59. The van der Waals surface area contributed by atoms with Gasteiger partial charge >= 0.3 is 6.09 Å². The first kappa shape index (κ1) is 31.5. The van der Waals surface area contributed by atoms with E-state index in [1.165, 1.54) is 4.90 Å². The Labute approximate surface area is 249 Å². The molecule has 1 aliphatic carbocycles. The Morgan fingerprint density at radius 3 is 2.19 bits per heavy atom. The van der Waals surface area contributed by atoms with Crippen LogP contribution in [0, 0.1) is 11.8 Å². The van der Waals surface area contributed by atoms with E-state index in [1.807, 2.05) is 51.1 Å². The summed E-state index contributed by atoms with van der Waals surface area (Å²) in [4.78, 5) is 45.9. The summed E-state index contributed by atoms with van der Waals surface area (Å²) in [6, 6.07) is 9.69. The van der Waals surface area contributed by atoms with Crippen LogP contribution in [0.1, 0.15) is 69.7 Å². The zero-order valence-electron chi connectivity index (χ0n) is 25.8. The van der Waals surface area contributed by atoms with E-state index in [4.69, 9.17) is 14.5 Å². The smallest absolute Gasteiger partial charge is 0.407 e. The molecule has 0 bridgehead atoms. The second kappa shape index (κ2) is 14.2. The summed E-state index contributed by atoms with van der Waals surface area (Å²) in [5.74, 6) is 1.52. The molecule has 1 saturated heterocycles. The van der Waals surface area contributed by atoms with Gasteiger partial charge in [-0.25, -0.2) is 9.78 Å². The van der Waals surface area contributed by atoms with Crippen molar-refractivity contribution < 1.29 is 23.9 Å². The topological polar surface area (TPSA) is 113 Å². The molecule has 0 spiro atoms. The summed E-state index contributed by atoms with van der Waals surface area (Å²) in [5.41, 5.74) is 0.940. The van der Waals surface area contributed by atoms with E-state index >= 15 is 0 Å². The Kier molecular flexibility index (Phi) is 10.6. The van der Waals surface area contributed by atoms with E-state index < -0.39 is 5.60 Å². The molecule has 1 aromatic carbocycles. The molecule has 0 unspecified atom stereocenters. The predicted octanol–water partition coefficient (Wildman–Crippen LogP) is 4.37. The number of likely N-dealkylation sites (N-methyl/N-ethyl adjacent to an activating group) is 1. The van der Waals surface area contributed by atoms with E-state index in [0.717, 1.165) is 68.3 Å². The minimum atomic E-state index is -0.499. The normalized spacial score (nSPS) is 19.8. The molecule has 2 aromatic rings. The maximum Gasteiger partial charge on any atom is 0.407 e. The van der Waals surface area contributed by atoms with Crippen molar-refractivity contribution in [3.63, 3.8) is 0 Å². The molecule has 4 rings (SSSR count). The molecule has 2 heterocycles. The number of benzene rings is 1. The molecule has 42 heavy (non-hydrogen) atoms. The largest absolute Gasteiger partial charge is 0.444 e. The van der Waals surface area contributed by atoms with Crippen molar-refractivity contribution in [2.75, 3.05) is 51.8 Å². The second-order valence-electron chi connectivity index (χ2n) is 12.8. The minimum Gasteiger partial charge on any atom is -0.444 e. The van der Waals surface area contributed by atoms with Crippen molar-refractivity contribution in [2.45, 2.75) is 71.0 Å². The molecule has 2 fully saturated rings. The van der Waals surface area contributed by atoms with Crippen LogP contribution < -0.4 is 15.5 Å². The number of pyridine rings is 1. The molecule has 10 heteroatoms. The molecular formula is C32H47N5O5. The first-order valence-corrected chi connectivity index (χ1v) is 15.2. The first-order chi connectivity index (χ1) is 20.0. The van der Waals surface area contributed by atoms with Crippen LogP contribution in [0.3, 0.4) is 0 Å². The number of alkyl carbamates (subject to hydrolysis) is 1. The maximum atomic E-state index is 13.5. The number of aromatic nitrogens is 1. The fourth-order valence-corrected chi connectivity index (χ4v) is 5.59. The molecule has 1 aromatic heterocycles. The van der Waals surface area contributed by atoms with Gasteiger partial charge in [0.15, 0.2) is 0 Å². The highest BCUT2D eigenvalue weighted by Crippen LogP contribution is 2.29. The van der Waals surface area contributed by atoms with E-state index in [-0.39, 0.29) is 30.6 Å². The van der Waals surface area contributed by atoms with Crippen molar-refractivity contribution in [2.24, 2.45) is 11.8 Å². The Balaban J connectivity index is 1.29. The van der Waals surface area contributed by atoms with Crippen LogP contribution in [0.5, 0.6) is 0 Å². The molecule has 3 amide bonds. The predicted molar refractivity (Wildman–Crippen MR) is 164 cm³/mol. The number of carbonyl (C=O) groups excluding carboxylic acids is 3. The third-order valence-corrected chi connectivity index (χ3v) is 8.11. The summed E-state index contributed by atoms with van der Waals surface area (Å²) in [7, 11) is 3.46. The summed E-state index contributed by atoms with van der Waals surface area (Å²) in [5, 5.41) is 6.94. The zero-order valence-corrected chi connectivity index (χ0v) is 25.8. The van der Waals surface area contributed by atoms with Crippen LogP contribution in [0.4, 0.5) is 10.6 Å². The van der Waals surface area contributed by atoms with E-state index in [1.54, 1.807) is 14.1 Å². The number of rotatable bonds is 9. The number of para-hydroxylation sites is 1. The van der Waals surface area contributed by atoms with Gasteiger partial charge in [-0.1, -0.05) is 18.2 Å². The van der Waals surface area contributed by atoms with Crippen molar-refractivity contribution in [1.29, 1.82) is 0 Å². The molecule has 10 nitrogen and oxygen atoms in total. The average molecular weight is 582 g/mol. The third-order valence-electron chi connectivity index (χ3n) is 8.11. The van der Waals surface area contributed by atoms with Gasteiger partial charge in [-0.3, -0.25) is 9.59 Å². The first-order valence-electron chi connectivity index (χ1n) is 15.2. The van der Waals surface area contributed by atoms with Crippen LogP contribution in [-0.4, -0.2) is 86.4 Å². The number of hydrogen-bond acceptors (Lipinski definition) is 7. The van der Waals surface area contributed by atoms with Crippen LogP contribution >= 0.6 is 0 Å². The monoisotopic (exact) mass is 581 g/mol. The molecule has 1 saturated carbocycles. The highest BCUT2D eigenvalue weighted by atomic mass is 16.6. The number of ether oxygens (including phenoxy) is 2. The van der Waals surface area contributed by atoms with Gasteiger partial charge in [-0.2, -0.15) is 0 Å². The summed E-state index contributed by atoms with van der Waals surface area (Å²) in [6.45, 7) is 8.43. The lowest BCUT2D eigenvalue weighted by atomic mass is 9.82. The SMILES string of the molecule is CN(C)C(=O)COC1CCN(c2cc(C(=O)NCC3CCC(CNC(=O)OC(C)(C)C)CC3)c3ccccc3n2)CC1. The number of carbonyl (C=O) groups is 3. The number of hydrogen-bond donors (Lipinski definition) is 2. The average Bonchev–Trinajstić information content (AvgIpc) is 2.97. The van der Waals surface area contributed by atoms with Gasteiger partial charge in [-0.05, 0) is 83.3 Å². The van der Waals surface area contributed by atoms with Gasteiger partial charge in [0.2, 0.25) is 5.91 Å². The second-order valence-corrected chi connectivity index (χ2v) is 12.8. The van der Waals surface area contributed by atoms with Gasteiger partial charge in [0.05, 0.1) is 17.2 Å². The molecule has 0 radical (unpaired) electrons. The summed E-state index contributed by atoms with van der Waals surface area (Å²) in [6.07, 6.45) is 5.33. The van der Waals surface area contributed by atoms with Crippen molar-refractivity contribution in [1.82, 2.24) is 20.5 Å². The number of anilines is 1. The quantitative estimate of drug-likeness (QED) is 0.452. The van der Waals surface area contributed by atoms with Crippen LogP contribution in [-0.2, 0) is 14.3 Å². The van der Waals surface area contributed by atoms with Crippen molar-refractivity contribution in [3.05, 3.63) is 35.9 Å². The zero-order chi connectivity index (χ0) is 30.3. The highest BCUT2D eigenvalue weighted by molar-refractivity contribution is 6.07. The van der Waals surface area contributed by atoms with Crippen molar-refractivity contribution >= 4 is 34.6 Å². The summed E-state index contributed by atoms with van der Waals surface area (Å²) < 4.78 is 11.2. The van der Waals surface area contributed by atoms with Gasteiger partial charge < -0.3 is 29.9 Å². The lowest BCUT2D eigenvalue weighted by Gasteiger charge is -2.33. The molecule has 2 N–H and O–H groups in total. The van der Waals surface area contributed by atoms with Gasteiger partial charge in [-0.15, -0.1) is 0 Å². The Bertz CT molecular complexity index is 1230. The standard InChI is InChI=1S/C32H47N5O5/c1-32(2,3)42-31(40)34-20-23-12-10-22(11-13-23)19-33-30(39)26-18-28(35-27-9-7-6-8-25(26)27)37-16-14-24(15-17-37)41-21-29(38)36(4)5/h6-9,18,22-24H,10-17,19-21H2,1-5H3,(H,33,39)(H,34,40). The highest BCUT2D eigenvalue weighted by Gasteiger charge is 2.26. The molecule has 1 aliphatic heterocycles. The molecule has 230 valence electrons. The van der Waals surface area contributed by atoms with E-state index in [0.29, 0.717) is 30.5 Å². The summed E-state index contributed by atoms with van der Waals surface area (Å²) >= 11 is 0. The number of amides is 3. The molecular weight excluding hydrogens is 534 g/mol. The van der Waals surface area contributed by atoms with Crippen LogP contribution in [0.15, 0.2) is 30.3 Å². The van der Waals surface area contributed by atoms with Gasteiger partial charge in [0, 0.05) is 45.7 Å². The number of fused-ring (bicyclic) bond motifs is 1. The molecule has 0 atom stereocenters. The van der Waals surface area contributed by atoms with Gasteiger partial charge in [0.1, 0.15) is 18.0 Å². The fraction of sp³-hybridized carbons (Fsp3) is 0.625. The maximum absolute atomic E-state index is 13.5. The number of piperidine rings is 1. The lowest BCUT2D eigenvalue weighted by Crippen LogP contribution is -2.39. The van der Waals surface area contributed by atoms with Crippen LogP contribution in [0.2, 0.25) is 0 Å². The third kappa shape index (κ3) is 9.05. The Hall–Kier alpha value is -3.40. The van der Waals surface area contributed by atoms with Crippen molar-refractivity contribution in [3.8, 4) is 0 Å². The lowest BCUT2D eigenvalue weighted by molar-refractivity contribution is -0.136. The van der Waals surface area contributed by atoms with Gasteiger partial charge in [0.25, 0.3) is 5.91 Å². The number of nitrogens with zero attached hydrogens (tertiary/aromatic N) is 3. The number of nitrogens with one attached hydrogen (secondary N) is 2. The Morgan fingerprint density at radius 1 is 0.952 bits per heavy atom. The van der Waals surface area contributed by atoms with E-state index in [2.05, 4.69) is 15.5 Å².